The van der Waals surface area contributed by atoms with Crippen LogP contribution in [0.4, 0.5) is 0 Å². The van der Waals surface area contributed by atoms with Gasteiger partial charge in [0.15, 0.2) is 0 Å². The van der Waals surface area contributed by atoms with Crippen molar-refractivity contribution in [1.82, 2.24) is 4.90 Å². The molecule has 0 aromatic heterocycles. The summed E-state index contributed by atoms with van der Waals surface area (Å²) >= 11 is 6.12. The van der Waals surface area contributed by atoms with Crippen LogP contribution in [0.25, 0.3) is 0 Å². The zero-order valence-electron chi connectivity index (χ0n) is 20.6. The molecule has 2 aliphatic rings. The number of benzene rings is 2. The van der Waals surface area contributed by atoms with E-state index in [2.05, 4.69) is 13.8 Å². The van der Waals surface area contributed by atoms with Gasteiger partial charge in [-0.05, 0) is 87.9 Å². The molecule has 4 nitrogen and oxygen atoms in total. The number of hydrogen-bond acceptors (Lipinski definition) is 3. The van der Waals surface area contributed by atoms with Crippen LogP contribution < -0.4 is 9.47 Å². The lowest BCUT2D eigenvalue weighted by Gasteiger charge is -2.28. The molecule has 1 saturated carbocycles. The van der Waals surface area contributed by atoms with E-state index in [0.29, 0.717) is 29.0 Å². The van der Waals surface area contributed by atoms with Crippen LogP contribution in [-0.2, 0) is 0 Å². The fraction of sp³-hybridized carbons (Fsp3) is 0.536. The third kappa shape index (κ3) is 6.89. The van der Waals surface area contributed by atoms with Gasteiger partial charge in [0.05, 0.1) is 6.04 Å². The Morgan fingerprint density at radius 3 is 2.36 bits per heavy atom. The Hall–Kier alpha value is -2.20. The predicted molar refractivity (Wildman–Crippen MR) is 135 cm³/mol. The molecule has 0 radical (unpaired) electrons. The van der Waals surface area contributed by atoms with Crippen molar-refractivity contribution in [2.75, 3.05) is 13.2 Å². The normalized spacial score (nSPS) is 21.8. The Morgan fingerprint density at radius 1 is 1.06 bits per heavy atom. The van der Waals surface area contributed by atoms with Crippen LogP contribution >= 0.6 is 11.6 Å². The topological polar surface area (TPSA) is 38.8 Å². The molecule has 3 unspecified atom stereocenters. The molecule has 33 heavy (non-hydrogen) atoms. The van der Waals surface area contributed by atoms with Crippen molar-refractivity contribution in [3.8, 4) is 11.5 Å². The van der Waals surface area contributed by atoms with Gasteiger partial charge in [0, 0.05) is 17.1 Å². The first kappa shape index (κ1) is 25.4. The Balaban J connectivity index is 0.000000968. The van der Waals surface area contributed by atoms with Crippen LogP contribution in [-0.4, -0.2) is 35.6 Å². The van der Waals surface area contributed by atoms with Gasteiger partial charge in [0.1, 0.15) is 23.7 Å². The average Bonchev–Trinajstić information content (AvgIpc) is 3.34. The summed E-state index contributed by atoms with van der Waals surface area (Å²) in [6, 6.07) is 15.1. The van der Waals surface area contributed by atoms with E-state index in [1.807, 2.05) is 62.1 Å². The molecule has 4 rings (SSSR count). The summed E-state index contributed by atoms with van der Waals surface area (Å²) < 4.78 is 12.0. The zero-order valence-corrected chi connectivity index (χ0v) is 21.4. The standard InChI is InChI=1S/C25H30ClNO3.C3H8/c1-25(2,3)30-21-12-10-20(11-13-21)29-16-23-22-9-5-7-18(22)15-27(23)24(28)17-6-4-8-19(26)14-17;1-3-2/h4,6,8,10-14,18,22-23H,5,7,9,15-16H2,1-3H3;3H2,1-2H3. The largest absolute Gasteiger partial charge is 0.491 e. The van der Waals surface area contributed by atoms with E-state index in [9.17, 15) is 4.79 Å². The van der Waals surface area contributed by atoms with Gasteiger partial charge >= 0.3 is 0 Å². The number of halogens is 1. The Bertz CT molecular complexity index is 906. The second-order valence-corrected chi connectivity index (χ2v) is 10.5. The summed E-state index contributed by atoms with van der Waals surface area (Å²) in [5, 5.41) is 0.589. The number of carbonyl (C=O) groups is 1. The fourth-order valence-corrected chi connectivity index (χ4v) is 4.98. The van der Waals surface area contributed by atoms with Crippen molar-refractivity contribution in [1.29, 1.82) is 0 Å². The van der Waals surface area contributed by atoms with E-state index >= 15 is 0 Å². The Kier molecular flexibility index (Phi) is 8.69. The molecule has 1 aliphatic heterocycles. The average molecular weight is 472 g/mol. The minimum absolute atomic E-state index is 0.0504. The first-order valence-electron chi connectivity index (χ1n) is 12.2. The lowest BCUT2D eigenvalue weighted by Crippen LogP contribution is -2.41. The minimum Gasteiger partial charge on any atom is -0.491 e. The van der Waals surface area contributed by atoms with Crippen molar-refractivity contribution in [3.05, 3.63) is 59.1 Å². The molecule has 180 valence electrons. The summed E-state index contributed by atoms with van der Waals surface area (Å²) in [5.41, 5.74) is 0.418. The first-order valence-corrected chi connectivity index (χ1v) is 12.6. The van der Waals surface area contributed by atoms with E-state index in [0.717, 1.165) is 24.5 Å². The van der Waals surface area contributed by atoms with Gasteiger partial charge in [-0.15, -0.1) is 0 Å². The van der Waals surface area contributed by atoms with Crippen molar-refractivity contribution >= 4 is 17.5 Å². The second-order valence-electron chi connectivity index (χ2n) is 10.1. The number of amides is 1. The van der Waals surface area contributed by atoms with E-state index in [4.69, 9.17) is 21.1 Å². The fourth-order valence-electron chi connectivity index (χ4n) is 4.79. The number of ether oxygens (including phenoxy) is 2. The highest BCUT2D eigenvalue weighted by Gasteiger charge is 2.46. The summed E-state index contributed by atoms with van der Waals surface area (Å²) in [6.45, 7) is 11.7. The quantitative estimate of drug-likeness (QED) is 0.460. The maximum atomic E-state index is 13.2. The Morgan fingerprint density at radius 2 is 1.73 bits per heavy atom. The van der Waals surface area contributed by atoms with E-state index in [-0.39, 0.29) is 17.6 Å². The highest BCUT2D eigenvalue weighted by atomic mass is 35.5. The monoisotopic (exact) mass is 471 g/mol. The van der Waals surface area contributed by atoms with Crippen LogP contribution in [0.15, 0.2) is 48.5 Å². The van der Waals surface area contributed by atoms with E-state index < -0.39 is 0 Å². The minimum atomic E-state index is -0.231. The second kappa shape index (κ2) is 11.3. The molecule has 1 heterocycles. The lowest BCUT2D eigenvalue weighted by molar-refractivity contribution is 0.0655. The lowest BCUT2D eigenvalue weighted by atomic mass is 9.94. The van der Waals surface area contributed by atoms with Crippen molar-refractivity contribution in [2.45, 2.75) is 71.9 Å². The number of rotatable bonds is 5. The van der Waals surface area contributed by atoms with Crippen molar-refractivity contribution in [3.63, 3.8) is 0 Å². The number of carbonyl (C=O) groups excluding carboxylic acids is 1. The van der Waals surface area contributed by atoms with Gasteiger partial charge < -0.3 is 14.4 Å². The van der Waals surface area contributed by atoms with Crippen LogP contribution in [0.1, 0.15) is 70.7 Å². The molecular weight excluding hydrogens is 434 g/mol. The third-order valence-electron chi connectivity index (χ3n) is 6.04. The van der Waals surface area contributed by atoms with E-state index in [1.54, 1.807) is 12.1 Å². The molecule has 2 aromatic carbocycles. The molecule has 1 amide bonds. The van der Waals surface area contributed by atoms with Crippen LogP contribution in [0.3, 0.4) is 0 Å². The molecule has 3 atom stereocenters. The number of hydrogen-bond donors (Lipinski definition) is 0. The van der Waals surface area contributed by atoms with Crippen LogP contribution in [0.2, 0.25) is 5.02 Å². The molecule has 1 saturated heterocycles. The zero-order chi connectivity index (χ0) is 24.0. The number of fused-ring (bicyclic) bond motifs is 1. The van der Waals surface area contributed by atoms with Gasteiger partial charge in [-0.2, -0.15) is 0 Å². The van der Waals surface area contributed by atoms with Gasteiger partial charge in [0.2, 0.25) is 0 Å². The number of nitrogens with zero attached hydrogens (tertiary/aromatic N) is 1. The maximum absolute atomic E-state index is 13.2. The predicted octanol–water partition coefficient (Wildman–Crippen LogP) is 7.25. The molecule has 1 aliphatic carbocycles. The molecule has 2 fully saturated rings. The van der Waals surface area contributed by atoms with Crippen molar-refractivity contribution in [2.24, 2.45) is 11.8 Å². The molecule has 0 N–H and O–H groups in total. The van der Waals surface area contributed by atoms with Gasteiger partial charge in [0.25, 0.3) is 5.91 Å². The molecule has 2 aromatic rings. The summed E-state index contributed by atoms with van der Waals surface area (Å²) in [7, 11) is 0. The molecule has 0 bridgehead atoms. The SMILES string of the molecule is CC(C)(C)Oc1ccc(OCC2C3CCCC3CN2C(=O)c2cccc(Cl)c2)cc1.CCC. The molecule has 5 heteroatoms. The van der Waals surface area contributed by atoms with Crippen LogP contribution in [0.5, 0.6) is 11.5 Å². The highest BCUT2D eigenvalue weighted by molar-refractivity contribution is 6.30. The summed E-state index contributed by atoms with van der Waals surface area (Å²) in [6.07, 6.45) is 4.85. The highest BCUT2D eigenvalue weighted by Crippen LogP contribution is 2.43. The summed E-state index contributed by atoms with van der Waals surface area (Å²) in [4.78, 5) is 15.2. The smallest absolute Gasteiger partial charge is 0.254 e. The summed E-state index contributed by atoms with van der Waals surface area (Å²) in [5.74, 6) is 2.76. The maximum Gasteiger partial charge on any atom is 0.254 e. The van der Waals surface area contributed by atoms with Crippen LogP contribution in [0, 0.1) is 11.8 Å². The van der Waals surface area contributed by atoms with Crippen molar-refractivity contribution < 1.29 is 14.3 Å². The first-order chi connectivity index (χ1) is 15.7. The van der Waals surface area contributed by atoms with Gasteiger partial charge in [-0.1, -0.05) is 44.4 Å². The third-order valence-corrected chi connectivity index (χ3v) is 6.28. The van der Waals surface area contributed by atoms with Gasteiger partial charge in [-0.3, -0.25) is 4.79 Å². The molecular formula is C28H38ClNO3. The van der Waals surface area contributed by atoms with Gasteiger partial charge in [-0.25, -0.2) is 0 Å². The number of likely N-dealkylation sites (tertiary alicyclic amines) is 1. The Labute approximate surface area is 204 Å². The molecule has 0 spiro atoms. The van der Waals surface area contributed by atoms with E-state index in [1.165, 1.54) is 19.3 Å².